The number of allylic oxidation sites excluding steroid dienone is 1. The first-order valence-electron chi connectivity index (χ1n) is 5.67. The van der Waals surface area contributed by atoms with Crippen molar-refractivity contribution in [2.24, 2.45) is 5.92 Å². The summed E-state index contributed by atoms with van der Waals surface area (Å²) in [6, 6.07) is 9.94. The predicted molar refractivity (Wildman–Crippen MR) is 73.0 cm³/mol. The second-order valence-corrected chi connectivity index (χ2v) is 4.98. The van der Waals surface area contributed by atoms with E-state index in [9.17, 15) is 4.79 Å². The van der Waals surface area contributed by atoms with Crippen molar-refractivity contribution in [1.29, 1.82) is 0 Å². The van der Waals surface area contributed by atoms with E-state index in [2.05, 4.69) is 22.5 Å². The second-order valence-electron chi connectivity index (χ2n) is 3.86. The SMILES string of the molecule is C=C(Br)CC(Cc1ccccc1)C(=O)OCC. The number of carbonyl (C=O) groups is 1. The van der Waals surface area contributed by atoms with Gasteiger partial charge in [-0.05, 0) is 29.8 Å². The van der Waals surface area contributed by atoms with Crippen molar-refractivity contribution in [1.82, 2.24) is 0 Å². The van der Waals surface area contributed by atoms with E-state index in [1.165, 1.54) is 0 Å². The zero-order valence-electron chi connectivity index (χ0n) is 9.99. The lowest BCUT2D eigenvalue weighted by Gasteiger charge is -2.15. The van der Waals surface area contributed by atoms with Crippen molar-refractivity contribution in [2.45, 2.75) is 19.8 Å². The van der Waals surface area contributed by atoms with Crippen LogP contribution in [0.1, 0.15) is 18.9 Å². The lowest BCUT2D eigenvalue weighted by molar-refractivity contribution is -0.147. The van der Waals surface area contributed by atoms with Gasteiger partial charge < -0.3 is 4.74 Å². The molecule has 3 heteroatoms. The Labute approximate surface area is 111 Å². The van der Waals surface area contributed by atoms with Crippen LogP contribution in [0.15, 0.2) is 41.4 Å². The van der Waals surface area contributed by atoms with Gasteiger partial charge in [-0.15, -0.1) is 0 Å². The smallest absolute Gasteiger partial charge is 0.309 e. The Kier molecular flexibility index (Phi) is 5.98. The highest BCUT2D eigenvalue weighted by atomic mass is 79.9. The largest absolute Gasteiger partial charge is 0.466 e. The van der Waals surface area contributed by atoms with Crippen molar-refractivity contribution in [3.05, 3.63) is 47.0 Å². The maximum absolute atomic E-state index is 11.8. The van der Waals surface area contributed by atoms with Crippen molar-refractivity contribution in [3.63, 3.8) is 0 Å². The summed E-state index contributed by atoms with van der Waals surface area (Å²) in [6.45, 7) is 6.02. The zero-order valence-corrected chi connectivity index (χ0v) is 11.6. The molecule has 17 heavy (non-hydrogen) atoms. The van der Waals surface area contributed by atoms with E-state index in [4.69, 9.17) is 4.74 Å². The van der Waals surface area contributed by atoms with Crippen molar-refractivity contribution >= 4 is 21.9 Å². The molecule has 0 aliphatic heterocycles. The monoisotopic (exact) mass is 296 g/mol. The standard InChI is InChI=1S/C14H17BrO2/c1-3-17-14(16)13(9-11(2)15)10-12-7-5-4-6-8-12/h4-8,13H,2-3,9-10H2,1H3. The van der Waals surface area contributed by atoms with E-state index in [0.717, 1.165) is 10.0 Å². The normalized spacial score (nSPS) is 11.9. The van der Waals surface area contributed by atoms with Crippen molar-refractivity contribution < 1.29 is 9.53 Å². The van der Waals surface area contributed by atoms with Gasteiger partial charge in [0.25, 0.3) is 0 Å². The molecule has 0 fully saturated rings. The van der Waals surface area contributed by atoms with Gasteiger partial charge >= 0.3 is 5.97 Å². The fraction of sp³-hybridized carbons (Fsp3) is 0.357. The van der Waals surface area contributed by atoms with Crippen LogP contribution in [0.2, 0.25) is 0 Å². The van der Waals surface area contributed by atoms with Gasteiger partial charge in [0.15, 0.2) is 0 Å². The molecule has 0 aliphatic rings. The quantitative estimate of drug-likeness (QED) is 0.748. The summed E-state index contributed by atoms with van der Waals surface area (Å²) in [6.07, 6.45) is 1.29. The third-order valence-electron chi connectivity index (χ3n) is 2.41. The highest BCUT2D eigenvalue weighted by Gasteiger charge is 2.20. The minimum Gasteiger partial charge on any atom is -0.466 e. The van der Waals surface area contributed by atoms with Gasteiger partial charge in [0.05, 0.1) is 12.5 Å². The van der Waals surface area contributed by atoms with Crippen LogP contribution in [0.5, 0.6) is 0 Å². The third kappa shape index (κ3) is 5.18. The molecule has 0 saturated carbocycles. The Hall–Kier alpha value is -1.09. The summed E-state index contributed by atoms with van der Waals surface area (Å²) in [5.74, 6) is -0.318. The lowest BCUT2D eigenvalue weighted by atomic mass is 9.96. The first-order valence-corrected chi connectivity index (χ1v) is 6.46. The van der Waals surface area contributed by atoms with E-state index < -0.39 is 0 Å². The first kappa shape index (κ1) is 14.0. The third-order valence-corrected chi connectivity index (χ3v) is 2.74. The molecule has 1 unspecified atom stereocenters. The first-order chi connectivity index (χ1) is 8.13. The molecular formula is C14H17BrO2. The zero-order chi connectivity index (χ0) is 12.7. The molecule has 92 valence electrons. The highest BCUT2D eigenvalue weighted by Crippen LogP contribution is 2.21. The number of benzene rings is 1. The minimum absolute atomic E-state index is 0.156. The number of hydrogen-bond acceptors (Lipinski definition) is 2. The Balaban J connectivity index is 2.70. The summed E-state index contributed by atoms with van der Waals surface area (Å²) in [5, 5.41) is 0. The Bertz CT molecular complexity index is 373. The Morgan fingerprint density at radius 3 is 2.59 bits per heavy atom. The van der Waals surface area contributed by atoms with Crippen LogP contribution in [0, 0.1) is 5.92 Å². The summed E-state index contributed by atoms with van der Waals surface area (Å²) in [5.41, 5.74) is 1.14. The molecule has 0 bridgehead atoms. The predicted octanol–water partition coefficient (Wildman–Crippen LogP) is 3.71. The van der Waals surface area contributed by atoms with E-state index in [1.807, 2.05) is 37.3 Å². The summed E-state index contributed by atoms with van der Waals surface area (Å²) >= 11 is 3.31. The molecule has 1 aromatic carbocycles. The lowest BCUT2D eigenvalue weighted by Crippen LogP contribution is -2.20. The Morgan fingerprint density at radius 1 is 1.41 bits per heavy atom. The highest BCUT2D eigenvalue weighted by molar-refractivity contribution is 9.11. The summed E-state index contributed by atoms with van der Waals surface area (Å²) in [7, 11) is 0. The van der Waals surface area contributed by atoms with E-state index in [0.29, 0.717) is 19.4 Å². The molecular weight excluding hydrogens is 280 g/mol. The van der Waals surface area contributed by atoms with Crippen LogP contribution in [0.25, 0.3) is 0 Å². The van der Waals surface area contributed by atoms with Gasteiger partial charge in [-0.1, -0.05) is 52.8 Å². The average molecular weight is 297 g/mol. The molecule has 2 nitrogen and oxygen atoms in total. The summed E-state index contributed by atoms with van der Waals surface area (Å²) < 4.78 is 5.90. The number of esters is 1. The van der Waals surface area contributed by atoms with E-state index >= 15 is 0 Å². The maximum atomic E-state index is 11.8. The number of rotatable bonds is 6. The molecule has 0 aromatic heterocycles. The van der Waals surface area contributed by atoms with Crippen LogP contribution >= 0.6 is 15.9 Å². The molecule has 0 saturated heterocycles. The van der Waals surface area contributed by atoms with Crippen molar-refractivity contribution in [3.8, 4) is 0 Å². The molecule has 0 radical (unpaired) electrons. The molecule has 1 atom stereocenters. The van der Waals surface area contributed by atoms with Gasteiger partial charge in [0.2, 0.25) is 0 Å². The minimum atomic E-state index is -0.163. The van der Waals surface area contributed by atoms with Gasteiger partial charge in [-0.25, -0.2) is 0 Å². The second kappa shape index (κ2) is 7.28. The fourth-order valence-corrected chi connectivity index (χ4v) is 2.06. The molecule has 0 heterocycles. The fourth-order valence-electron chi connectivity index (χ4n) is 1.66. The van der Waals surface area contributed by atoms with Crippen LogP contribution in [-0.4, -0.2) is 12.6 Å². The maximum Gasteiger partial charge on any atom is 0.309 e. The van der Waals surface area contributed by atoms with Crippen LogP contribution < -0.4 is 0 Å². The average Bonchev–Trinajstić information content (AvgIpc) is 2.29. The van der Waals surface area contributed by atoms with Gasteiger partial charge in [-0.2, -0.15) is 0 Å². The number of hydrogen-bond donors (Lipinski definition) is 0. The molecule has 1 rings (SSSR count). The summed E-state index contributed by atoms with van der Waals surface area (Å²) in [4.78, 5) is 11.8. The molecule has 0 N–H and O–H groups in total. The van der Waals surface area contributed by atoms with Gasteiger partial charge in [0, 0.05) is 0 Å². The van der Waals surface area contributed by atoms with E-state index in [1.54, 1.807) is 0 Å². The number of halogens is 1. The molecule has 0 amide bonds. The van der Waals surface area contributed by atoms with Crippen LogP contribution in [-0.2, 0) is 16.0 Å². The number of carbonyl (C=O) groups excluding carboxylic acids is 1. The van der Waals surface area contributed by atoms with Crippen LogP contribution in [0.4, 0.5) is 0 Å². The van der Waals surface area contributed by atoms with Crippen LogP contribution in [0.3, 0.4) is 0 Å². The Morgan fingerprint density at radius 2 is 2.06 bits per heavy atom. The molecule has 0 aliphatic carbocycles. The molecule has 1 aromatic rings. The topological polar surface area (TPSA) is 26.3 Å². The number of ether oxygens (including phenoxy) is 1. The van der Waals surface area contributed by atoms with Gasteiger partial charge in [0.1, 0.15) is 0 Å². The molecule has 0 spiro atoms. The van der Waals surface area contributed by atoms with Crippen molar-refractivity contribution in [2.75, 3.05) is 6.61 Å². The van der Waals surface area contributed by atoms with Gasteiger partial charge in [-0.3, -0.25) is 4.79 Å². The van der Waals surface area contributed by atoms with E-state index in [-0.39, 0.29) is 11.9 Å².